The number of aryl methyl sites for hydroxylation is 1. The van der Waals surface area contributed by atoms with Gasteiger partial charge in [-0.1, -0.05) is 24.3 Å². The molecule has 2 rings (SSSR count). The van der Waals surface area contributed by atoms with Gasteiger partial charge >= 0.3 is 5.97 Å². The van der Waals surface area contributed by atoms with Crippen LogP contribution in [0.15, 0.2) is 33.6 Å². The van der Waals surface area contributed by atoms with Crippen molar-refractivity contribution in [2.24, 2.45) is 0 Å². The molecule has 2 aromatic carbocycles. The fourth-order valence-electron chi connectivity index (χ4n) is 2.66. The Labute approximate surface area is 186 Å². The van der Waals surface area contributed by atoms with Crippen LogP contribution in [0.2, 0.25) is 0 Å². The van der Waals surface area contributed by atoms with Gasteiger partial charge in [0.2, 0.25) is 10.0 Å². The molecule has 0 radical (unpaired) electrons. The van der Waals surface area contributed by atoms with E-state index in [0.717, 1.165) is 0 Å². The molecule has 0 saturated carbocycles. The molecule has 0 atom stereocenters. The van der Waals surface area contributed by atoms with Crippen molar-refractivity contribution in [3.8, 4) is 0 Å². The highest BCUT2D eigenvalue weighted by atomic mass is 79.9. The second-order valence-corrected chi connectivity index (χ2v) is 10.4. The first-order valence-electron chi connectivity index (χ1n) is 8.94. The molecule has 0 saturated heterocycles. The lowest BCUT2D eigenvalue weighted by atomic mass is 10.1. The summed E-state index contributed by atoms with van der Waals surface area (Å²) in [5.41, 5.74) is 0.159. The molecule has 2 aromatic rings. The van der Waals surface area contributed by atoms with Crippen LogP contribution in [0.3, 0.4) is 0 Å². The summed E-state index contributed by atoms with van der Waals surface area (Å²) in [5, 5.41) is 0. The molecular formula is C20H20BrF4NO4S. The molecule has 0 aliphatic carbocycles. The number of benzene rings is 2. The zero-order valence-electron chi connectivity index (χ0n) is 17.1. The Morgan fingerprint density at radius 2 is 1.58 bits per heavy atom. The van der Waals surface area contributed by atoms with Gasteiger partial charge in [-0.2, -0.15) is 4.31 Å². The summed E-state index contributed by atoms with van der Waals surface area (Å²) in [5.74, 6) is -9.44. The van der Waals surface area contributed by atoms with Crippen molar-refractivity contribution in [1.29, 1.82) is 0 Å². The Morgan fingerprint density at radius 3 is 2.13 bits per heavy atom. The topological polar surface area (TPSA) is 63.7 Å². The molecule has 0 aliphatic rings. The number of esters is 1. The Hall–Kier alpha value is -1.98. The molecule has 5 nitrogen and oxygen atoms in total. The highest BCUT2D eigenvalue weighted by Gasteiger charge is 2.37. The summed E-state index contributed by atoms with van der Waals surface area (Å²) in [6.07, 6.45) is 0. The zero-order valence-corrected chi connectivity index (χ0v) is 19.5. The standard InChI is InChI=1S/C20H20BrF4NO4S/c1-11-7-5-6-8-12(11)9-26(10-13(27)30-20(2,3)4)31(28,29)19-14(21)15(22)16(23)17(24)18(19)25/h5-8H,9-10H2,1-4H3. The maximum absolute atomic E-state index is 14.5. The molecule has 0 heterocycles. The van der Waals surface area contributed by atoms with Gasteiger partial charge in [-0.15, -0.1) is 0 Å². The summed E-state index contributed by atoms with van der Waals surface area (Å²) in [6.45, 7) is 5.06. The number of carbonyl (C=O) groups excluding carboxylic acids is 1. The molecule has 0 N–H and O–H groups in total. The SMILES string of the molecule is Cc1ccccc1CN(CC(=O)OC(C)(C)C)S(=O)(=O)c1c(F)c(F)c(F)c(F)c1Br. The number of carbonyl (C=O) groups is 1. The maximum atomic E-state index is 14.5. The molecule has 0 aromatic heterocycles. The van der Waals surface area contributed by atoms with Crippen LogP contribution in [-0.2, 0) is 26.1 Å². The number of hydrogen-bond donors (Lipinski definition) is 0. The summed E-state index contributed by atoms with van der Waals surface area (Å²) >= 11 is 2.49. The highest BCUT2D eigenvalue weighted by molar-refractivity contribution is 9.10. The minimum absolute atomic E-state index is 0.430. The van der Waals surface area contributed by atoms with Gasteiger partial charge in [0.15, 0.2) is 23.3 Å². The van der Waals surface area contributed by atoms with Crippen LogP contribution in [0.5, 0.6) is 0 Å². The summed E-state index contributed by atoms with van der Waals surface area (Å²) in [7, 11) is -5.03. The lowest BCUT2D eigenvalue weighted by molar-refractivity contribution is -0.155. The maximum Gasteiger partial charge on any atom is 0.321 e. The minimum atomic E-state index is -5.03. The third-order valence-corrected chi connectivity index (χ3v) is 6.95. The van der Waals surface area contributed by atoms with E-state index < -0.39 is 67.3 Å². The lowest BCUT2D eigenvalue weighted by Gasteiger charge is -2.26. The first-order chi connectivity index (χ1) is 14.2. The van der Waals surface area contributed by atoms with Gasteiger partial charge in [0.25, 0.3) is 0 Å². The van der Waals surface area contributed by atoms with Crippen molar-refractivity contribution in [1.82, 2.24) is 4.31 Å². The van der Waals surface area contributed by atoms with Crippen LogP contribution in [0.4, 0.5) is 17.6 Å². The molecule has 31 heavy (non-hydrogen) atoms. The van der Waals surface area contributed by atoms with Crippen molar-refractivity contribution in [3.05, 3.63) is 63.1 Å². The number of nitrogens with zero attached hydrogens (tertiary/aromatic N) is 1. The van der Waals surface area contributed by atoms with E-state index in [2.05, 4.69) is 15.9 Å². The van der Waals surface area contributed by atoms with Gasteiger partial charge in [-0.05, 0) is 54.8 Å². The van der Waals surface area contributed by atoms with Crippen LogP contribution in [0.1, 0.15) is 31.9 Å². The van der Waals surface area contributed by atoms with Crippen LogP contribution >= 0.6 is 15.9 Å². The molecule has 0 aliphatic heterocycles. The number of halogens is 5. The smallest absolute Gasteiger partial charge is 0.321 e. The van der Waals surface area contributed by atoms with Crippen LogP contribution in [-0.4, -0.2) is 30.8 Å². The van der Waals surface area contributed by atoms with Crippen LogP contribution in [0, 0.1) is 30.2 Å². The predicted molar refractivity (Wildman–Crippen MR) is 109 cm³/mol. The zero-order chi connectivity index (χ0) is 23.7. The lowest BCUT2D eigenvalue weighted by Crippen LogP contribution is -2.39. The first kappa shape index (κ1) is 25.3. The summed E-state index contributed by atoms with van der Waals surface area (Å²) < 4.78 is 86.7. The normalized spacial score (nSPS) is 12.3. The number of rotatable bonds is 6. The number of hydrogen-bond acceptors (Lipinski definition) is 4. The van der Waals surface area contributed by atoms with E-state index in [0.29, 0.717) is 15.4 Å². The van der Waals surface area contributed by atoms with E-state index in [1.54, 1.807) is 52.0 Å². The van der Waals surface area contributed by atoms with Crippen molar-refractivity contribution >= 4 is 31.9 Å². The number of sulfonamides is 1. The van der Waals surface area contributed by atoms with Crippen LogP contribution in [0.25, 0.3) is 0 Å². The monoisotopic (exact) mass is 525 g/mol. The van der Waals surface area contributed by atoms with E-state index in [4.69, 9.17) is 4.74 Å². The van der Waals surface area contributed by atoms with Gasteiger partial charge in [0.1, 0.15) is 17.0 Å². The molecular weight excluding hydrogens is 506 g/mol. The Balaban J connectivity index is 2.62. The summed E-state index contributed by atoms with van der Waals surface area (Å²) in [6, 6.07) is 6.58. The molecule has 11 heteroatoms. The van der Waals surface area contributed by atoms with Gasteiger partial charge in [-0.3, -0.25) is 4.79 Å². The van der Waals surface area contributed by atoms with Gasteiger partial charge < -0.3 is 4.74 Å². The molecule has 0 fully saturated rings. The van der Waals surface area contributed by atoms with Gasteiger partial charge in [0.05, 0.1) is 4.47 Å². The predicted octanol–water partition coefficient (Wildman–Crippen LogP) is 4.85. The van der Waals surface area contributed by atoms with E-state index in [9.17, 15) is 30.8 Å². The van der Waals surface area contributed by atoms with Crippen molar-refractivity contribution < 1.29 is 35.5 Å². The van der Waals surface area contributed by atoms with Gasteiger partial charge in [0, 0.05) is 6.54 Å². The molecule has 0 amide bonds. The van der Waals surface area contributed by atoms with E-state index in [1.165, 1.54) is 0 Å². The Kier molecular flexibility index (Phi) is 7.55. The average Bonchev–Trinajstić information content (AvgIpc) is 2.64. The van der Waals surface area contributed by atoms with E-state index in [-0.39, 0.29) is 0 Å². The molecule has 0 unspecified atom stereocenters. The Bertz CT molecular complexity index is 1090. The largest absolute Gasteiger partial charge is 0.459 e. The minimum Gasteiger partial charge on any atom is -0.459 e. The molecule has 0 spiro atoms. The fraction of sp³-hybridized carbons (Fsp3) is 0.350. The molecule has 0 bridgehead atoms. The second-order valence-electron chi connectivity index (χ2n) is 7.69. The quantitative estimate of drug-likeness (QED) is 0.234. The molecule has 170 valence electrons. The third-order valence-electron chi connectivity index (χ3n) is 4.10. The average molecular weight is 526 g/mol. The van der Waals surface area contributed by atoms with Crippen molar-refractivity contribution in [2.45, 2.75) is 44.7 Å². The first-order valence-corrected chi connectivity index (χ1v) is 11.2. The third kappa shape index (κ3) is 5.64. The second kappa shape index (κ2) is 9.25. The van der Waals surface area contributed by atoms with Crippen molar-refractivity contribution in [3.63, 3.8) is 0 Å². The van der Waals surface area contributed by atoms with E-state index >= 15 is 0 Å². The van der Waals surface area contributed by atoms with Gasteiger partial charge in [-0.25, -0.2) is 26.0 Å². The summed E-state index contributed by atoms with van der Waals surface area (Å²) in [4.78, 5) is 10.9. The van der Waals surface area contributed by atoms with Crippen LogP contribution < -0.4 is 0 Å². The number of ether oxygens (including phenoxy) is 1. The Morgan fingerprint density at radius 1 is 1.03 bits per heavy atom. The van der Waals surface area contributed by atoms with Crippen molar-refractivity contribution in [2.75, 3.05) is 6.54 Å². The highest BCUT2D eigenvalue weighted by Crippen LogP contribution is 2.34. The fourth-order valence-corrected chi connectivity index (χ4v) is 5.10. The van der Waals surface area contributed by atoms with E-state index in [1.807, 2.05) is 0 Å².